The Morgan fingerprint density at radius 2 is 1.96 bits per heavy atom. The largest absolute Gasteiger partial charge is 0.416 e. The summed E-state index contributed by atoms with van der Waals surface area (Å²) in [6.45, 7) is 2.99. The van der Waals surface area contributed by atoms with Crippen molar-refractivity contribution in [3.05, 3.63) is 59.4 Å². The topological polar surface area (TPSA) is 46.5 Å². The molecule has 1 N–H and O–H groups in total. The maximum absolute atomic E-state index is 12.9. The number of alkyl halides is 3. The smallest absolute Gasteiger partial charge is 0.379 e. The Morgan fingerprint density at radius 3 is 2.59 bits per heavy atom. The summed E-state index contributed by atoms with van der Waals surface area (Å²) >= 11 is 0. The number of carbonyl (C=O) groups is 1. The molecule has 1 saturated heterocycles. The maximum atomic E-state index is 12.9. The zero-order valence-corrected chi connectivity index (χ0v) is 15.0. The average molecular weight is 381 g/mol. The van der Waals surface area contributed by atoms with Gasteiger partial charge in [0.2, 0.25) is 0 Å². The van der Waals surface area contributed by atoms with Gasteiger partial charge in [-0.3, -0.25) is 9.69 Å². The van der Waals surface area contributed by atoms with Gasteiger partial charge in [-0.1, -0.05) is 6.07 Å². The zero-order chi connectivity index (χ0) is 19.4. The van der Waals surface area contributed by atoms with E-state index in [1.807, 2.05) is 29.9 Å². The molecule has 0 bridgehead atoms. The number of benzene rings is 1. The van der Waals surface area contributed by atoms with Gasteiger partial charge >= 0.3 is 6.18 Å². The quantitative estimate of drug-likeness (QED) is 0.867. The minimum Gasteiger partial charge on any atom is -0.379 e. The Balaban J connectivity index is 1.73. The summed E-state index contributed by atoms with van der Waals surface area (Å²) in [5, 5.41) is 2.79. The number of rotatable bonds is 5. The zero-order valence-electron chi connectivity index (χ0n) is 15.0. The molecular formula is C19H22F3N3O2. The highest BCUT2D eigenvalue weighted by Crippen LogP contribution is 2.29. The second-order valence-corrected chi connectivity index (χ2v) is 6.50. The third-order valence-electron chi connectivity index (χ3n) is 4.72. The van der Waals surface area contributed by atoms with E-state index in [2.05, 4.69) is 10.2 Å². The predicted octanol–water partition coefficient (Wildman–Crippen LogP) is 2.85. The van der Waals surface area contributed by atoms with Gasteiger partial charge < -0.3 is 14.6 Å². The van der Waals surface area contributed by atoms with Crippen LogP contribution in [-0.2, 0) is 18.0 Å². The fourth-order valence-corrected chi connectivity index (χ4v) is 3.26. The summed E-state index contributed by atoms with van der Waals surface area (Å²) in [7, 11) is 1.93. The van der Waals surface area contributed by atoms with Crippen LogP contribution in [0.4, 0.5) is 13.2 Å². The molecule has 2 aromatic rings. The number of aryl methyl sites for hydroxylation is 1. The first-order valence-electron chi connectivity index (χ1n) is 8.75. The van der Waals surface area contributed by atoms with Crippen LogP contribution < -0.4 is 5.32 Å². The van der Waals surface area contributed by atoms with Crippen molar-refractivity contribution in [3.63, 3.8) is 0 Å². The average Bonchev–Trinajstić information content (AvgIpc) is 3.08. The van der Waals surface area contributed by atoms with Crippen LogP contribution in [0.25, 0.3) is 0 Å². The third kappa shape index (κ3) is 4.70. The van der Waals surface area contributed by atoms with Crippen molar-refractivity contribution in [1.82, 2.24) is 14.8 Å². The Kier molecular flexibility index (Phi) is 5.86. The van der Waals surface area contributed by atoms with E-state index in [1.165, 1.54) is 12.1 Å². The summed E-state index contributed by atoms with van der Waals surface area (Å²) in [6, 6.07) is 8.29. The number of aromatic nitrogens is 1. The number of hydrogen-bond donors (Lipinski definition) is 1. The van der Waals surface area contributed by atoms with Crippen LogP contribution in [0.5, 0.6) is 0 Å². The minimum absolute atomic E-state index is 0.00238. The highest BCUT2D eigenvalue weighted by molar-refractivity contribution is 5.94. The van der Waals surface area contributed by atoms with E-state index in [1.54, 1.807) is 0 Å². The molecule has 3 rings (SSSR count). The summed E-state index contributed by atoms with van der Waals surface area (Å²) in [5.41, 5.74) is 0.195. The number of ether oxygens (including phenoxy) is 1. The second-order valence-electron chi connectivity index (χ2n) is 6.50. The van der Waals surface area contributed by atoms with E-state index < -0.39 is 17.6 Å². The van der Waals surface area contributed by atoms with Gasteiger partial charge in [-0.05, 0) is 30.3 Å². The van der Waals surface area contributed by atoms with Crippen LogP contribution in [0.15, 0.2) is 42.6 Å². The fourth-order valence-electron chi connectivity index (χ4n) is 3.26. The number of amides is 1. The molecule has 1 atom stereocenters. The lowest BCUT2D eigenvalue weighted by Gasteiger charge is -2.35. The highest BCUT2D eigenvalue weighted by Gasteiger charge is 2.31. The molecule has 1 aromatic heterocycles. The molecule has 0 saturated carbocycles. The molecule has 1 unspecified atom stereocenters. The first kappa shape index (κ1) is 19.4. The molecule has 2 heterocycles. The Labute approximate surface area is 155 Å². The lowest BCUT2D eigenvalue weighted by atomic mass is 10.1. The minimum atomic E-state index is -4.48. The molecule has 8 heteroatoms. The standard InChI is InChI=1S/C19H22F3N3O2/c1-24-7-3-6-16(24)17(25-8-10-27-11-9-25)13-23-18(26)14-4-2-5-15(12-14)19(20,21)22/h2-7,12,17H,8-11,13H2,1H3,(H,23,26). The number of nitrogens with one attached hydrogen (secondary N) is 1. The van der Waals surface area contributed by atoms with Crippen molar-refractivity contribution in [2.75, 3.05) is 32.8 Å². The third-order valence-corrected chi connectivity index (χ3v) is 4.72. The lowest BCUT2D eigenvalue weighted by molar-refractivity contribution is -0.137. The monoisotopic (exact) mass is 381 g/mol. The maximum Gasteiger partial charge on any atom is 0.416 e. The second kappa shape index (κ2) is 8.14. The number of halogens is 3. The number of morpholine rings is 1. The summed E-state index contributed by atoms with van der Waals surface area (Å²) < 4.78 is 46.0. The molecule has 27 heavy (non-hydrogen) atoms. The van der Waals surface area contributed by atoms with Crippen LogP contribution in [0, 0.1) is 0 Å². The molecule has 0 spiro atoms. The molecule has 1 aromatic carbocycles. The first-order valence-corrected chi connectivity index (χ1v) is 8.75. The number of carbonyl (C=O) groups excluding carboxylic acids is 1. The van der Waals surface area contributed by atoms with Gasteiger partial charge in [-0.15, -0.1) is 0 Å². The van der Waals surface area contributed by atoms with E-state index in [-0.39, 0.29) is 11.6 Å². The Bertz CT molecular complexity index is 783. The van der Waals surface area contributed by atoms with E-state index in [0.717, 1.165) is 30.9 Å². The van der Waals surface area contributed by atoms with Gasteiger partial charge in [0, 0.05) is 44.1 Å². The molecule has 146 valence electrons. The Hall–Kier alpha value is -2.32. The molecular weight excluding hydrogens is 359 g/mol. The summed E-state index contributed by atoms with van der Waals surface area (Å²) in [5.74, 6) is -0.520. The van der Waals surface area contributed by atoms with Crippen LogP contribution >= 0.6 is 0 Å². The first-order chi connectivity index (χ1) is 12.9. The molecule has 1 amide bonds. The van der Waals surface area contributed by atoms with Gasteiger partial charge in [0.1, 0.15) is 0 Å². The fraction of sp³-hybridized carbons (Fsp3) is 0.421. The van der Waals surface area contributed by atoms with Crippen molar-refractivity contribution in [2.24, 2.45) is 7.05 Å². The molecule has 5 nitrogen and oxygen atoms in total. The van der Waals surface area contributed by atoms with Crippen molar-refractivity contribution in [3.8, 4) is 0 Å². The van der Waals surface area contributed by atoms with Crippen molar-refractivity contribution in [2.45, 2.75) is 12.2 Å². The van der Waals surface area contributed by atoms with Crippen molar-refractivity contribution in [1.29, 1.82) is 0 Å². The van der Waals surface area contributed by atoms with E-state index in [9.17, 15) is 18.0 Å². The molecule has 0 aliphatic carbocycles. The van der Waals surface area contributed by atoms with E-state index in [0.29, 0.717) is 19.8 Å². The van der Waals surface area contributed by atoms with E-state index >= 15 is 0 Å². The van der Waals surface area contributed by atoms with Gasteiger partial charge in [0.25, 0.3) is 5.91 Å². The van der Waals surface area contributed by atoms with Crippen LogP contribution in [0.2, 0.25) is 0 Å². The lowest BCUT2D eigenvalue weighted by Crippen LogP contribution is -2.44. The normalized spacial score (nSPS) is 16.9. The highest BCUT2D eigenvalue weighted by atomic mass is 19.4. The molecule has 1 aliphatic heterocycles. The summed E-state index contributed by atoms with van der Waals surface area (Å²) in [4.78, 5) is 14.7. The van der Waals surface area contributed by atoms with Gasteiger partial charge in [0.15, 0.2) is 0 Å². The number of hydrogen-bond acceptors (Lipinski definition) is 3. The van der Waals surface area contributed by atoms with Gasteiger partial charge in [0.05, 0.1) is 24.8 Å². The Morgan fingerprint density at radius 1 is 1.22 bits per heavy atom. The number of nitrogens with zero attached hydrogens (tertiary/aromatic N) is 2. The molecule has 1 fully saturated rings. The SMILES string of the molecule is Cn1cccc1C(CNC(=O)c1cccc(C(F)(F)F)c1)N1CCOCC1. The molecule has 0 radical (unpaired) electrons. The van der Waals surface area contributed by atoms with Crippen molar-refractivity contribution >= 4 is 5.91 Å². The van der Waals surface area contributed by atoms with Crippen molar-refractivity contribution < 1.29 is 22.7 Å². The molecule has 1 aliphatic rings. The van der Waals surface area contributed by atoms with Crippen LogP contribution in [0.1, 0.15) is 27.7 Å². The van der Waals surface area contributed by atoms with Gasteiger partial charge in [-0.2, -0.15) is 13.2 Å². The van der Waals surface area contributed by atoms with Crippen LogP contribution in [-0.4, -0.2) is 48.2 Å². The van der Waals surface area contributed by atoms with Gasteiger partial charge in [-0.25, -0.2) is 0 Å². The van der Waals surface area contributed by atoms with E-state index in [4.69, 9.17) is 4.74 Å². The predicted molar refractivity (Wildman–Crippen MR) is 94.3 cm³/mol. The van der Waals surface area contributed by atoms with Crippen LogP contribution in [0.3, 0.4) is 0 Å². The summed E-state index contributed by atoms with van der Waals surface area (Å²) in [6.07, 6.45) is -2.55.